The molecule has 2 fully saturated rings. The molecule has 1 atom stereocenters. The number of carbonyl (C=O) groups is 1. The average molecular weight is 184 g/mol. The highest BCUT2D eigenvalue weighted by atomic mass is 16.3. The number of carbonyl (C=O) groups excluding carboxylic acids is 1. The summed E-state index contributed by atoms with van der Waals surface area (Å²) in [7, 11) is 1.83. The van der Waals surface area contributed by atoms with Crippen molar-refractivity contribution in [2.45, 2.75) is 25.0 Å². The molecule has 4 nitrogen and oxygen atoms in total. The highest BCUT2D eigenvalue weighted by Crippen LogP contribution is 2.26. The fourth-order valence-corrected chi connectivity index (χ4v) is 2.19. The van der Waals surface area contributed by atoms with Crippen molar-refractivity contribution in [3.8, 4) is 0 Å². The van der Waals surface area contributed by atoms with E-state index in [1.165, 1.54) is 0 Å². The number of β-amino-alcohol motifs (C(OH)–C–C–N with tert-alkyl or cyclic N) is 1. The van der Waals surface area contributed by atoms with Gasteiger partial charge >= 0.3 is 0 Å². The molecule has 0 saturated carbocycles. The van der Waals surface area contributed by atoms with Crippen LogP contribution in [-0.4, -0.2) is 59.1 Å². The molecule has 0 radical (unpaired) electrons. The lowest BCUT2D eigenvalue weighted by Gasteiger charge is -2.46. The molecule has 2 aliphatic rings. The number of likely N-dealkylation sites (tertiary alicyclic amines) is 2. The predicted octanol–water partition coefficient (Wildman–Crippen LogP) is -0.716. The molecular weight excluding hydrogens is 168 g/mol. The van der Waals surface area contributed by atoms with E-state index in [1.54, 1.807) is 4.90 Å². The first-order valence-corrected chi connectivity index (χ1v) is 4.71. The Morgan fingerprint density at radius 1 is 1.54 bits per heavy atom. The van der Waals surface area contributed by atoms with Gasteiger partial charge in [-0.1, -0.05) is 0 Å². The molecule has 0 spiro atoms. The lowest BCUT2D eigenvalue weighted by Crippen LogP contribution is -2.64. The van der Waals surface area contributed by atoms with E-state index in [9.17, 15) is 9.90 Å². The molecule has 13 heavy (non-hydrogen) atoms. The Balaban J connectivity index is 1.94. The second kappa shape index (κ2) is 2.69. The maximum absolute atomic E-state index is 11.6. The van der Waals surface area contributed by atoms with E-state index in [4.69, 9.17) is 0 Å². The molecule has 0 aliphatic carbocycles. The van der Waals surface area contributed by atoms with Crippen LogP contribution in [0.15, 0.2) is 0 Å². The van der Waals surface area contributed by atoms with Crippen LogP contribution in [0, 0.1) is 0 Å². The Hall–Kier alpha value is -0.610. The number of hydrogen-bond acceptors (Lipinski definition) is 3. The van der Waals surface area contributed by atoms with Crippen molar-refractivity contribution in [1.29, 1.82) is 0 Å². The quantitative estimate of drug-likeness (QED) is 0.585. The van der Waals surface area contributed by atoms with Gasteiger partial charge < -0.3 is 10.0 Å². The zero-order valence-corrected chi connectivity index (χ0v) is 8.16. The monoisotopic (exact) mass is 184 g/mol. The Kier molecular flexibility index (Phi) is 1.85. The van der Waals surface area contributed by atoms with Gasteiger partial charge in [0.25, 0.3) is 0 Å². The van der Waals surface area contributed by atoms with E-state index < -0.39 is 5.60 Å². The summed E-state index contributed by atoms with van der Waals surface area (Å²) in [5.41, 5.74) is -0.568. The zero-order valence-electron chi connectivity index (χ0n) is 8.16. The van der Waals surface area contributed by atoms with Crippen LogP contribution >= 0.6 is 0 Å². The molecule has 0 bridgehead atoms. The third kappa shape index (κ3) is 1.44. The van der Waals surface area contributed by atoms with Crippen molar-refractivity contribution in [3.05, 3.63) is 0 Å². The van der Waals surface area contributed by atoms with Crippen molar-refractivity contribution in [2.24, 2.45) is 0 Å². The minimum Gasteiger partial charge on any atom is -0.388 e. The summed E-state index contributed by atoms with van der Waals surface area (Å²) >= 11 is 0. The van der Waals surface area contributed by atoms with Gasteiger partial charge in [-0.25, -0.2) is 0 Å². The lowest BCUT2D eigenvalue weighted by atomic mass is 9.94. The summed E-state index contributed by atoms with van der Waals surface area (Å²) in [5, 5.41) is 9.53. The third-order valence-electron chi connectivity index (χ3n) is 2.93. The van der Waals surface area contributed by atoms with Crippen LogP contribution in [0.2, 0.25) is 0 Å². The minimum absolute atomic E-state index is 0.0326. The van der Waals surface area contributed by atoms with E-state index in [0.717, 1.165) is 13.0 Å². The van der Waals surface area contributed by atoms with Crippen molar-refractivity contribution < 1.29 is 9.90 Å². The van der Waals surface area contributed by atoms with Crippen LogP contribution in [0.3, 0.4) is 0 Å². The smallest absolute Gasteiger partial charge is 0.239 e. The Morgan fingerprint density at radius 3 is 2.54 bits per heavy atom. The molecule has 0 aromatic rings. The zero-order chi connectivity index (χ0) is 9.64. The number of nitrogens with zero attached hydrogens (tertiary/aromatic N) is 2. The van der Waals surface area contributed by atoms with Crippen LogP contribution in [-0.2, 0) is 4.79 Å². The van der Waals surface area contributed by atoms with E-state index in [-0.39, 0.29) is 11.9 Å². The summed E-state index contributed by atoms with van der Waals surface area (Å²) in [6, 6.07) is 0.0326. The van der Waals surface area contributed by atoms with Crippen LogP contribution in [0.4, 0.5) is 0 Å². The van der Waals surface area contributed by atoms with Crippen LogP contribution in [0.5, 0.6) is 0 Å². The van der Waals surface area contributed by atoms with E-state index in [1.807, 2.05) is 14.0 Å². The van der Waals surface area contributed by atoms with Crippen LogP contribution in [0.1, 0.15) is 13.3 Å². The normalized spacial score (nSPS) is 33.6. The van der Waals surface area contributed by atoms with Crippen LogP contribution in [0.25, 0.3) is 0 Å². The van der Waals surface area contributed by atoms with Crippen molar-refractivity contribution in [1.82, 2.24) is 9.80 Å². The Labute approximate surface area is 78.1 Å². The SMILES string of the molecule is CN1CCC(N2CC(C)(O)C2)C1=O. The maximum atomic E-state index is 11.6. The maximum Gasteiger partial charge on any atom is 0.239 e. The summed E-state index contributed by atoms with van der Waals surface area (Å²) in [6.45, 7) is 3.93. The lowest BCUT2D eigenvalue weighted by molar-refractivity contribution is -0.141. The van der Waals surface area contributed by atoms with Gasteiger partial charge in [0.05, 0.1) is 11.6 Å². The molecule has 0 aromatic carbocycles. The van der Waals surface area contributed by atoms with Crippen molar-refractivity contribution >= 4 is 5.91 Å². The fraction of sp³-hybridized carbons (Fsp3) is 0.889. The summed E-state index contributed by atoms with van der Waals surface area (Å²) in [5.74, 6) is 0.204. The van der Waals surface area contributed by atoms with Gasteiger partial charge in [0.1, 0.15) is 0 Å². The average Bonchev–Trinajstić information content (AvgIpc) is 2.28. The molecule has 2 saturated heterocycles. The van der Waals surface area contributed by atoms with Crippen molar-refractivity contribution in [2.75, 3.05) is 26.7 Å². The molecule has 2 heterocycles. The van der Waals surface area contributed by atoms with Gasteiger partial charge in [-0.05, 0) is 13.3 Å². The standard InChI is InChI=1S/C9H16N2O2/c1-9(13)5-11(6-9)7-3-4-10(2)8(7)12/h7,13H,3-6H2,1-2H3. The van der Waals surface area contributed by atoms with Crippen molar-refractivity contribution in [3.63, 3.8) is 0 Å². The molecule has 74 valence electrons. The molecular formula is C9H16N2O2. The number of aliphatic hydroxyl groups is 1. The van der Waals surface area contributed by atoms with Gasteiger partial charge in [-0.2, -0.15) is 0 Å². The second-order valence-corrected chi connectivity index (χ2v) is 4.47. The number of rotatable bonds is 1. The first-order valence-electron chi connectivity index (χ1n) is 4.71. The number of amides is 1. The van der Waals surface area contributed by atoms with Gasteiger partial charge in [-0.15, -0.1) is 0 Å². The van der Waals surface area contributed by atoms with Gasteiger partial charge in [0, 0.05) is 26.7 Å². The van der Waals surface area contributed by atoms with E-state index in [2.05, 4.69) is 4.90 Å². The first-order chi connectivity index (χ1) is 5.99. The molecule has 2 rings (SSSR count). The number of hydrogen-bond donors (Lipinski definition) is 1. The highest BCUT2D eigenvalue weighted by Gasteiger charge is 2.45. The Morgan fingerprint density at radius 2 is 2.15 bits per heavy atom. The first kappa shape index (κ1) is 8.97. The summed E-state index contributed by atoms with van der Waals surface area (Å²) < 4.78 is 0. The van der Waals surface area contributed by atoms with Gasteiger partial charge in [-0.3, -0.25) is 9.69 Å². The largest absolute Gasteiger partial charge is 0.388 e. The fourth-order valence-electron chi connectivity index (χ4n) is 2.19. The predicted molar refractivity (Wildman–Crippen MR) is 48.2 cm³/mol. The van der Waals surface area contributed by atoms with Gasteiger partial charge in [0.2, 0.25) is 5.91 Å². The highest BCUT2D eigenvalue weighted by molar-refractivity contribution is 5.83. The third-order valence-corrected chi connectivity index (χ3v) is 2.93. The summed E-state index contributed by atoms with van der Waals surface area (Å²) in [4.78, 5) is 15.4. The molecule has 1 N–H and O–H groups in total. The molecule has 1 unspecified atom stereocenters. The van der Waals surface area contributed by atoms with E-state index in [0.29, 0.717) is 13.1 Å². The van der Waals surface area contributed by atoms with Gasteiger partial charge in [0.15, 0.2) is 0 Å². The molecule has 1 amide bonds. The Bertz CT molecular complexity index is 232. The molecule has 4 heteroatoms. The molecule has 0 aromatic heterocycles. The summed E-state index contributed by atoms with van der Waals surface area (Å²) in [6.07, 6.45) is 0.908. The topological polar surface area (TPSA) is 43.8 Å². The number of likely N-dealkylation sites (N-methyl/N-ethyl adjacent to an activating group) is 1. The van der Waals surface area contributed by atoms with E-state index >= 15 is 0 Å². The second-order valence-electron chi connectivity index (χ2n) is 4.47. The molecule has 2 aliphatic heterocycles. The van der Waals surface area contributed by atoms with Crippen LogP contribution < -0.4 is 0 Å². The minimum atomic E-state index is -0.568.